The van der Waals surface area contributed by atoms with Gasteiger partial charge in [-0.05, 0) is 36.4 Å². The quantitative estimate of drug-likeness (QED) is 0.498. The highest BCUT2D eigenvalue weighted by Crippen LogP contribution is 2.26. The van der Waals surface area contributed by atoms with Gasteiger partial charge in [-0.25, -0.2) is 9.18 Å². The van der Waals surface area contributed by atoms with Gasteiger partial charge in [0.2, 0.25) is 0 Å². The molecule has 0 amide bonds. The van der Waals surface area contributed by atoms with E-state index in [0.29, 0.717) is 11.4 Å². The molecule has 0 saturated heterocycles. The summed E-state index contributed by atoms with van der Waals surface area (Å²) in [5, 5.41) is 4.32. The van der Waals surface area contributed by atoms with Gasteiger partial charge >= 0.3 is 5.97 Å². The number of fused-ring (bicyclic) bond motifs is 1. The van der Waals surface area contributed by atoms with E-state index in [1.165, 1.54) is 34.8 Å². The van der Waals surface area contributed by atoms with Crippen molar-refractivity contribution in [1.82, 2.24) is 14.3 Å². The number of halogens is 1. The van der Waals surface area contributed by atoms with Gasteiger partial charge < -0.3 is 14.0 Å². The van der Waals surface area contributed by atoms with Gasteiger partial charge in [-0.3, -0.25) is 4.79 Å². The number of aromatic nitrogens is 3. The fraction of sp³-hybridized carbons (Fsp3) is 0.0952. The highest BCUT2D eigenvalue weighted by atomic mass is 19.1. The maximum absolute atomic E-state index is 14.3. The SMILES string of the molecule is COC(=O)c1cn(-c2ccccc2F)cc2c(=O)n(-c3ccc(OC)cc3)nc1-2. The molecule has 0 radical (unpaired) electrons. The van der Waals surface area contributed by atoms with E-state index in [4.69, 9.17) is 9.47 Å². The zero-order chi connectivity index (χ0) is 20.5. The van der Waals surface area contributed by atoms with Crippen molar-refractivity contribution < 1.29 is 18.7 Å². The predicted molar refractivity (Wildman–Crippen MR) is 104 cm³/mol. The molecule has 0 atom stereocenters. The Morgan fingerprint density at radius 1 is 1.03 bits per heavy atom. The highest BCUT2D eigenvalue weighted by Gasteiger charge is 2.25. The van der Waals surface area contributed by atoms with Crippen molar-refractivity contribution in [2.45, 2.75) is 0 Å². The summed E-state index contributed by atoms with van der Waals surface area (Å²) in [5.41, 5.74) is 0.632. The van der Waals surface area contributed by atoms with Gasteiger partial charge in [0, 0.05) is 12.4 Å². The van der Waals surface area contributed by atoms with E-state index in [1.54, 1.807) is 49.6 Å². The van der Waals surface area contributed by atoms with Crippen LogP contribution in [-0.4, -0.2) is 34.5 Å². The van der Waals surface area contributed by atoms with Crippen LogP contribution >= 0.6 is 0 Å². The number of carbonyl (C=O) groups is 1. The molecule has 0 spiro atoms. The highest BCUT2D eigenvalue weighted by molar-refractivity contribution is 5.96. The summed E-state index contributed by atoms with van der Waals surface area (Å²) < 4.78 is 26.8. The minimum Gasteiger partial charge on any atom is -0.497 e. The summed E-state index contributed by atoms with van der Waals surface area (Å²) in [4.78, 5) is 25.4. The minimum atomic E-state index is -0.680. The van der Waals surface area contributed by atoms with E-state index in [1.807, 2.05) is 0 Å². The molecule has 7 nitrogen and oxygen atoms in total. The van der Waals surface area contributed by atoms with Crippen LogP contribution in [0.25, 0.3) is 22.6 Å². The van der Waals surface area contributed by atoms with Crippen molar-refractivity contribution in [2.24, 2.45) is 0 Å². The molecule has 2 aliphatic rings. The molecule has 0 unspecified atom stereocenters. The van der Waals surface area contributed by atoms with E-state index in [2.05, 4.69) is 5.10 Å². The van der Waals surface area contributed by atoms with Crippen molar-refractivity contribution in [3.05, 3.63) is 82.7 Å². The molecule has 2 aromatic carbocycles. The summed E-state index contributed by atoms with van der Waals surface area (Å²) in [7, 11) is 2.77. The lowest BCUT2D eigenvalue weighted by atomic mass is 10.1. The van der Waals surface area contributed by atoms with Crippen molar-refractivity contribution in [2.75, 3.05) is 14.2 Å². The Kier molecular flexibility index (Phi) is 4.59. The van der Waals surface area contributed by atoms with Gasteiger partial charge in [-0.1, -0.05) is 12.1 Å². The predicted octanol–water partition coefficient (Wildman–Crippen LogP) is 3.06. The van der Waals surface area contributed by atoms with Crippen molar-refractivity contribution >= 4 is 5.97 Å². The van der Waals surface area contributed by atoms with Gasteiger partial charge in [-0.15, -0.1) is 0 Å². The molecule has 8 heteroatoms. The molecule has 2 aliphatic heterocycles. The summed E-state index contributed by atoms with van der Waals surface area (Å²) in [5.74, 6) is -0.548. The maximum atomic E-state index is 14.3. The monoisotopic (exact) mass is 393 g/mol. The Balaban J connectivity index is 1.97. The van der Waals surface area contributed by atoms with Crippen LogP contribution in [0.2, 0.25) is 0 Å². The number of esters is 1. The molecule has 2 aromatic rings. The lowest BCUT2D eigenvalue weighted by Crippen LogP contribution is -2.15. The zero-order valence-corrected chi connectivity index (χ0v) is 15.6. The van der Waals surface area contributed by atoms with Crippen LogP contribution in [0.5, 0.6) is 5.75 Å². The third-order valence-corrected chi connectivity index (χ3v) is 4.52. The topological polar surface area (TPSA) is 75.3 Å². The number of carbonyl (C=O) groups excluding carboxylic acids is 1. The molecule has 2 heterocycles. The average Bonchev–Trinajstić information content (AvgIpc) is 3.09. The Hall–Kier alpha value is -3.94. The standard InChI is InChI=1S/C21H16FN3O4/c1-28-14-9-7-13(8-10-14)25-20(26)15-11-24(18-6-4-3-5-17(18)22)12-16(19(15)23-25)21(27)29-2/h3-12H,1-2H3. The average molecular weight is 393 g/mol. The van der Waals surface area contributed by atoms with Gasteiger partial charge in [0.15, 0.2) is 0 Å². The Morgan fingerprint density at radius 3 is 2.41 bits per heavy atom. The molecule has 0 saturated carbocycles. The lowest BCUT2D eigenvalue weighted by Gasteiger charge is -2.12. The van der Waals surface area contributed by atoms with Crippen LogP contribution in [0.15, 0.2) is 65.7 Å². The second kappa shape index (κ2) is 7.23. The molecule has 0 aliphatic carbocycles. The Morgan fingerprint density at radius 2 is 1.76 bits per heavy atom. The first-order valence-electron chi connectivity index (χ1n) is 8.66. The third kappa shape index (κ3) is 3.14. The minimum absolute atomic E-state index is 0.0533. The number of para-hydroxylation sites is 1. The molecule has 0 bridgehead atoms. The van der Waals surface area contributed by atoms with E-state index >= 15 is 0 Å². The molecule has 29 heavy (non-hydrogen) atoms. The molecule has 146 valence electrons. The van der Waals surface area contributed by atoms with E-state index in [9.17, 15) is 14.0 Å². The second-order valence-corrected chi connectivity index (χ2v) is 6.20. The summed E-state index contributed by atoms with van der Waals surface area (Å²) >= 11 is 0. The lowest BCUT2D eigenvalue weighted by molar-refractivity contribution is 0.0600. The number of benzene rings is 2. The van der Waals surface area contributed by atoms with Crippen LogP contribution in [0.1, 0.15) is 10.4 Å². The van der Waals surface area contributed by atoms with Crippen molar-refractivity contribution in [1.29, 1.82) is 0 Å². The first-order valence-corrected chi connectivity index (χ1v) is 8.66. The smallest absolute Gasteiger partial charge is 0.341 e. The first kappa shape index (κ1) is 18.4. The molecular weight excluding hydrogens is 377 g/mol. The van der Waals surface area contributed by atoms with E-state index in [0.717, 1.165) is 0 Å². The summed E-state index contributed by atoms with van der Waals surface area (Å²) in [6.07, 6.45) is 2.85. The largest absolute Gasteiger partial charge is 0.497 e. The number of pyridine rings is 1. The fourth-order valence-electron chi connectivity index (χ4n) is 3.06. The van der Waals surface area contributed by atoms with Crippen molar-refractivity contribution in [3.63, 3.8) is 0 Å². The van der Waals surface area contributed by atoms with Crippen molar-refractivity contribution in [3.8, 4) is 28.4 Å². The summed E-state index contributed by atoms with van der Waals surface area (Å²) in [6, 6.07) is 12.8. The summed E-state index contributed by atoms with van der Waals surface area (Å²) in [6.45, 7) is 0. The van der Waals surface area contributed by atoms with Gasteiger partial charge in [0.05, 0.1) is 31.2 Å². The Bertz CT molecular complexity index is 1230. The molecule has 0 aromatic heterocycles. The third-order valence-electron chi connectivity index (χ3n) is 4.52. The van der Waals surface area contributed by atoms with Crippen LogP contribution in [0.4, 0.5) is 4.39 Å². The second-order valence-electron chi connectivity index (χ2n) is 6.20. The van der Waals surface area contributed by atoms with Gasteiger partial charge in [0.25, 0.3) is 5.56 Å². The van der Waals surface area contributed by atoms with Gasteiger partial charge in [-0.2, -0.15) is 9.78 Å². The first-order chi connectivity index (χ1) is 14.0. The normalized spacial score (nSPS) is 10.9. The molecule has 4 rings (SSSR count). The molecule has 0 fully saturated rings. The maximum Gasteiger partial charge on any atom is 0.341 e. The number of hydrogen-bond donors (Lipinski definition) is 0. The Labute approximate surface area is 164 Å². The van der Waals surface area contributed by atoms with E-state index < -0.39 is 17.3 Å². The number of nitrogens with zero attached hydrogens (tertiary/aromatic N) is 3. The zero-order valence-electron chi connectivity index (χ0n) is 15.6. The number of hydrogen-bond acceptors (Lipinski definition) is 5. The fourth-order valence-corrected chi connectivity index (χ4v) is 3.06. The van der Waals surface area contributed by atoms with Crippen LogP contribution < -0.4 is 10.3 Å². The number of rotatable bonds is 4. The van der Waals surface area contributed by atoms with Crippen LogP contribution in [0, 0.1) is 5.82 Å². The van der Waals surface area contributed by atoms with Gasteiger partial charge in [0.1, 0.15) is 22.8 Å². The van der Waals surface area contributed by atoms with Crippen LogP contribution in [-0.2, 0) is 4.74 Å². The van der Waals surface area contributed by atoms with E-state index in [-0.39, 0.29) is 22.5 Å². The molecular formula is C21H16FN3O4. The van der Waals surface area contributed by atoms with Crippen LogP contribution in [0.3, 0.4) is 0 Å². The molecule has 0 N–H and O–H groups in total. The number of methoxy groups -OCH3 is 2. The number of ether oxygens (including phenoxy) is 2.